The number of nitro benzene ring substituents is 1. The van der Waals surface area contributed by atoms with Crippen LogP contribution >= 0.6 is 0 Å². The summed E-state index contributed by atoms with van der Waals surface area (Å²) < 4.78 is 4.98. The molecule has 0 radical (unpaired) electrons. The van der Waals surface area contributed by atoms with Gasteiger partial charge in [-0.05, 0) is 30.7 Å². The number of esters is 1. The summed E-state index contributed by atoms with van der Waals surface area (Å²) in [5, 5.41) is 16.0. The lowest BCUT2D eigenvalue weighted by Crippen LogP contribution is -2.48. The minimum absolute atomic E-state index is 0.107. The molecule has 2 aromatic rings. The summed E-state index contributed by atoms with van der Waals surface area (Å²) in [6.07, 6.45) is -0.300. The molecular weight excluding hydrogens is 432 g/mol. The number of hydrogen-bond acceptors (Lipinski definition) is 7. The zero-order chi connectivity index (χ0) is 24.5. The number of nitrogens with zero attached hydrogens (tertiary/aromatic N) is 1. The molecule has 0 aliphatic carbocycles. The number of anilines is 1. The summed E-state index contributed by atoms with van der Waals surface area (Å²) in [6.45, 7) is 3.05. The Morgan fingerprint density at radius 1 is 1.12 bits per heavy atom. The average Bonchev–Trinajstić information content (AvgIpc) is 2.75. The maximum Gasteiger partial charge on any atom is 0.306 e. The third-order valence-corrected chi connectivity index (χ3v) is 4.66. The van der Waals surface area contributed by atoms with Crippen molar-refractivity contribution in [3.8, 4) is 0 Å². The fourth-order valence-electron chi connectivity index (χ4n) is 3.21. The summed E-state index contributed by atoms with van der Waals surface area (Å²) in [5.74, 6) is -3.47. The number of primary amides is 1. The minimum Gasteiger partial charge on any atom is -0.466 e. The van der Waals surface area contributed by atoms with Crippen LogP contribution in [-0.4, -0.2) is 41.3 Å². The van der Waals surface area contributed by atoms with Crippen LogP contribution in [0.25, 0.3) is 0 Å². The monoisotopic (exact) mass is 456 g/mol. The first-order valence-corrected chi connectivity index (χ1v) is 10.00. The van der Waals surface area contributed by atoms with Gasteiger partial charge < -0.3 is 21.1 Å². The molecule has 11 nitrogen and oxygen atoms in total. The molecule has 0 aromatic heterocycles. The van der Waals surface area contributed by atoms with E-state index in [2.05, 4.69) is 10.6 Å². The second-order valence-corrected chi connectivity index (χ2v) is 7.08. The molecule has 0 unspecified atom stereocenters. The van der Waals surface area contributed by atoms with Crippen LogP contribution in [0.3, 0.4) is 0 Å². The molecule has 2 aromatic carbocycles. The van der Waals surface area contributed by atoms with Gasteiger partial charge in [-0.15, -0.1) is 0 Å². The molecule has 11 heteroatoms. The summed E-state index contributed by atoms with van der Waals surface area (Å²) in [4.78, 5) is 59.0. The van der Waals surface area contributed by atoms with Gasteiger partial charge in [-0.1, -0.05) is 18.2 Å². The largest absolute Gasteiger partial charge is 0.466 e. The van der Waals surface area contributed by atoms with Crippen molar-refractivity contribution in [3.05, 3.63) is 69.8 Å². The average molecular weight is 456 g/mol. The van der Waals surface area contributed by atoms with Crippen molar-refractivity contribution in [2.45, 2.75) is 32.2 Å². The van der Waals surface area contributed by atoms with Gasteiger partial charge in [0, 0.05) is 36.2 Å². The van der Waals surface area contributed by atoms with Crippen molar-refractivity contribution >= 4 is 35.1 Å². The highest BCUT2D eigenvalue weighted by molar-refractivity contribution is 5.99. The lowest BCUT2D eigenvalue weighted by Gasteiger charge is -2.25. The first kappa shape index (κ1) is 25.0. The number of amides is 3. The normalized spacial score (nSPS) is 12.2. The first-order chi connectivity index (χ1) is 15.6. The minimum atomic E-state index is -1.33. The number of nitro groups is 1. The fraction of sp³-hybridized carbons (Fsp3) is 0.273. The molecule has 0 aliphatic rings. The lowest BCUT2D eigenvalue weighted by atomic mass is 9.87. The van der Waals surface area contributed by atoms with Gasteiger partial charge in [0.15, 0.2) is 0 Å². The van der Waals surface area contributed by atoms with Crippen molar-refractivity contribution in [3.63, 3.8) is 0 Å². The number of non-ortho nitro benzene ring substituents is 1. The quantitative estimate of drug-likeness (QED) is 0.278. The number of hydrogen-bond donors (Lipinski definition) is 3. The molecule has 2 rings (SSSR count). The molecule has 2 atom stereocenters. The number of nitrogens with two attached hydrogens (primary N) is 1. The standard InChI is InChI=1S/C22H24N4O7/c1-3-33-19(28)12-18(14-7-9-17(10-8-14)26(31)32)20(21(23)29)25-22(30)15-5-4-6-16(11-15)24-13(2)27/h4-11,18,20H,3,12H2,1-2H3,(H2,23,29)(H,24,27)(H,25,30)/t18-,20+/m0/s1. The van der Waals surface area contributed by atoms with Gasteiger partial charge in [-0.3, -0.25) is 29.3 Å². The van der Waals surface area contributed by atoms with E-state index in [9.17, 15) is 29.3 Å². The van der Waals surface area contributed by atoms with E-state index < -0.39 is 34.7 Å². The van der Waals surface area contributed by atoms with Crippen LogP contribution in [0.4, 0.5) is 11.4 Å². The zero-order valence-corrected chi connectivity index (χ0v) is 18.1. The second-order valence-electron chi connectivity index (χ2n) is 7.08. The van der Waals surface area contributed by atoms with E-state index in [0.29, 0.717) is 11.3 Å². The van der Waals surface area contributed by atoms with Gasteiger partial charge in [0.05, 0.1) is 18.0 Å². The van der Waals surface area contributed by atoms with E-state index in [1.54, 1.807) is 19.1 Å². The summed E-state index contributed by atoms with van der Waals surface area (Å²) >= 11 is 0. The van der Waals surface area contributed by atoms with Crippen LogP contribution in [0, 0.1) is 10.1 Å². The maximum atomic E-state index is 12.9. The smallest absolute Gasteiger partial charge is 0.306 e. The Labute approximate surface area is 189 Å². The van der Waals surface area contributed by atoms with Crippen LogP contribution in [0.1, 0.15) is 42.1 Å². The zero-order valence-electron chi connectivity index (χ0n) is 18.1. The summed E-state index contributed by atoms with van der Waals surface area (Å²) in [7, 11) is 0. The van der Waals surface area contributed by atoms with Crippen molar-refractivity contribution in [2.75, 3.05) is 11.9 Å². The SMILES string of the molecule is CCOC(=O)C[C@@H](c1ccc([N+](=O)[O-])cc1)[C@@H](NC(=O)c1cccc(NC(C)=O)c1)C(N)=O. The molecule has 0 fully saturated rings. The van der Waals surface area contributed by atoms with E-state index in [0.717, 1.165) is 0 Å². The number of benzene rings is 2. The van der Waals surface area contributed by atoms with Gasteiger partial charge in [0.25, 0.3) is 11.6 Å². The van der Waals surface area contributed by atoms with Crippen LogP contribution in [-0.2, 0) is 19.1 Å². The lowest BCUT2D eigenvalue weighted by molar-refractivity contribution is -0.384. The van der Waals surface area contributed by atoms with Crippen LogP contribution in [0.5, 0.6) is 0 Å². The number of rotatable bonds is 10. The highest BCUT2D eigenvalue weighted by Gasteiger charge is 2.32. The molecule has 0 saturated heterocycles. The molecule has 0 saturated carbocycles. The predicted molar refractivity (Wildman–Crippen MR) is 118 cm³/mol. The Morgan fingerprint density at radius 2 is 1.79 bits per heavy atom. The Hall–Kier alpha value is -4.28. The fourth-order valence-corrected chi connectivity index (χ4v) is 3.21. The molecule has 0 aliphatic heterocycles. The van der Waals surface area contributed by atoms with Gasteiger partial charge in [-0.2, -0.15) is 0 Å². The van der Waals surface area contributed by atoms with Gasteiger partial charge in [0.1, 0.15) is 6.04 Å². The molecule has 33 heavy (non-hydrogen) atoms. The van der Waals surface area contributed by atoms with Crippen LogP contribution < -0.4 is 16.4 Å². The third kappa shape index (κ3) is 7.13. The highest BCUT2D eigenvalue weighted by atomic mass is 16.6. The number of nitrogens with one attached hydrogen (secondary N) is 2. The molecule has 0 heterocycles. The summed E-state index contributed by atoms with van der Waals surface area (Å²) in [6, 6.07) is 9.94. The molecule has 174 valence electrons. The van der Waals surface area contributed by atoms with Gasteiger partial charge >= 0.3 is 5.97 Å². The van der Waals surface area contributed by atoms with Crippen molar-refractivity contribution in [1.82, 2.24) is 5.32 Å². The Kier molecular flexibility index (Phi) is 8.61. The molecule has 0 spiro atoms. The topological polar surface area (TPSA) is 171 Å². The van der Waals surface area contributed by atoms with Crippen LogP contribution in [0.2, 0.25) is 0 Å². The van der Waals surface area contributed by atoms with E-state index in [1.165, 1.54) is 43.3 Å². The van der Waals surface area contributed by atoms with Crippen LogP contribution in [0.15, 0.2) is 48.5 Å². The Morgan fingerprint density at radius 3 is 2.33 bits per heavy atom. The molecule has 0 bridgehead atoms. The maximum absolute atomic E-state index is 12.9. The highest BCUT2D eigenvalue weighted by Crippen LogP contribution is 2.27. The van der Waals surface area contributed by atoms with Gasteiger partial charge in [0.2, 0.25) is 11.8 Å². The number of carbonyl (C=O) groups is 4. The van der Waals surface area contributed by atoms with E-state index in [1.807, 2.05) is 0 Å². The Bertz CT molecular complexity index is 1050. The molecule has 4 N–H and O–H groups in total. The van der Waals surface area contributed by atoms with E-state index >= 15 is 0 Å². The van der Waals surface area contributed by atoms with E-state index in [-0.39, 0.29) is 30.2 Å². The Balaban J connectivity index is 2.37. The van der Waals surface area contributed by atoms with Gasteiger partial charge in [-0.25, -0.2) is 0 Å². The van der Waals surface area contributed by atoms with Crippen molar-refractivity contribution in [2.24, 2.45) is 5.73 Å². The second kappa shape index (κ2) is 11.4. The van der Waals surface area contributed by atoms with Crippen molar-refractivity contribution < 1.29 is 28.8 Å². The first-order valence-electron chi connectivity index (χ1n) is 10.00. The number of ether oxygens (including phenoxy) is 1. The molecular formula is C22H24N4O7. The third-order valence-electron chi connectivity index (χ3n) is 4.66. The molecule has 3 amide bonds. The summed E-state index contributed by atoms with van der Waals surface area (Å²) in [5.41, 5.74) is 6.28. The van der Waals surface area contributed by atoms with E-state index in [4.69, 9.17) is 10.5 Å². The predicted octanol–water partition coefficient (Wildman–Crippen LogP) is 1.87. The number of carbonyl (C=O) groups excluding carboxylic acids is 4. The van der Waals surface area contributed by atoms with Crippen molar-refractivity contribution in [1.29, 1.82) is 0 Å².